The molecule has 2 N–H and O–H groups in total. The van der Waals surface area contributed by atoms with Crippen molar-refractivity contribution >= 4 is 11.6 Å². The van der Waals surface area contributed by atoms with Crippen LogP contribution in [-0.2, 0) is 0 Å². The standard InChI is InChI=1S/C7H13N5/c1-3-8-6-5-7(9-4-2)11-12-10-6/h5H,3-4H2,1-2H3,(H2,8,9,10,11). The van der Waals surface area contributed by atoms with Crippen LogP contribution >= 0.6 is 0 Å². The third-order valence-electron chi connectivity index (χ3n) is 1.29. The maximum Gasteiger partial charge on any atom is 0.154 e. The first kappa shape index (κ1) is 8.70. The van der Waals surface area contributed by atoms with Crippen LogP contribution in [0, 0.1) is 0 Å². The van der Waals surface area contributed by atoms with Crippen molar-refractivity contribution in [3.8, 4) is 0 Å². The zero-order valence-electron chi connectivity index (χ0n) is 7.33. The second kappa shape index (κ2) is 4.48. The lowest BCUT2D eigenvalue weighted by Crippen LogP contribution is -2.05. The number of hydrogen-bond acceptors (Lipinski definition) is 5. The molecular formula is C7H13N5. The molecule has 0 unspecified atom stereocenters. The van der Waals surface area contributed by atoms with Crippen molar-refractivity contribution in [2.75, 3.05) is 23.7 Å². The van der Waals surface area contributed by atoms with Crippen LogP contribution in [0.1, 0.15) is 13.8 Å². The lowest BCUT2D eigenvalue weighted by atomic mass is 10.5. The summed E-state index contributed by atoms with van der Waals surface area (Å²) in [5, 5.41) is 17.3. The largest absolute Gasteiger partial charge is 0.369 e. The highest BCUT2D eigenvalue weighted by Gasteiger charge is 1.95. The molecule has 0 radical (unpaired) electrons. The Morgan fingerprint density at radius 2 is 1.58 bits per heavy atom. The van der Waals surface area contributed by atoms with Crippen LogP contribution in [-0.4, -0.2) is 28.5 Å². The van der Waals surface area contributed by atoms with Crippen LogP contribution in [0.15, 0.2) is 6.07 Å². The average molecular weight is 167 g/mol. The van der Waals surface area contributed by atoms with Crippen molar-refractivity contribution in [2.45, 2.75) is 13.8 Å². The van der Waals surface area contributed by atoms with Gasteiger partial charge in [-0.1, -0.05) is 0 Å². The molecule has 66 valence electrons. The summed E-state index contributed by atoms with van der Waals surface area (Å²) in [6, 6.07) is 1.83. The minimum Gasteiger partial charge on any atom is -0.369 e. The first-order valence-corrected chi connectivity index (χ1v) is 4.05. The van der Waals surface area contributed by atoms with Crippen molar-refractivity contribution in [3.63, 3.8) is 0 Å². The Hall–Kier alpha value is -1.39. The number of nitrogens with one attached hydrogen (secondary N) is 2. The van der Waals surface area contributed by atoms with Gasteiger partial charge >= 0.3 is 0 Å². The highest BCUT2D eigenvalue weighted by molar-refractivity contribution is 5.44. The first-order valence-electron chi connectivity index (χ1n) is 4.05. The van der Waals surface area contributed by atoms with Crippen molar-refractivity contribution in [2.24, 2.45) is 0 Å². The van der Waals surface area contributed by atoms with Crippen molar-refractivity contribution < 1.29 is 0 Å². The third-order valence-corrected chi connectivity index (χ3v) is 1.29. The molecule has 0 bridgehead atoms. The summed E-state index contributed by atoms with van der Waals surface area (Å²) < 4.78 is 0. The summed E-state index contributed by atoms with van der Waals surface area (Å²) in [6.07, 6.45) is 0. The predicted octanol–water partition coefficient (Wildman–Crippen LogP) is 0.735. The fraction of sp³-hybridized carbons (Fsp3) is 0.571. The number of aromatic nitrogens is 3. The van der Waals surface area contributed by atoms with Crippen LogP contribution in [0.2, 0.25) is 0 Å². The maximum atomic E-state index is 3.80. The van der Waals surface area contributed by atoms with E-state index in [1.165, 1.54) is 0 Å². The molecule has 5 nitrogen and oxygen atoms in total. The van der Waals surface area contributed by atoms with Gasteiger partial charge in [-0.15, -0.1) is 10.2 Å². The molecule has 1 aromatic rings. The van der Waals surface area contributed by atoms with Gasteiger partial charge in [-0.3, -0.25) is 0 Å². The summed E-state index contributed by atoms with van der Waals surface area (Å²) in [6.45, 7) is 5.69. The second-order valence-corrected chi connectivity index (χ2v) is 2.26. The van der Waals surface area contributed by atoms with E-state index in [4.69, 9.17) is 0 Å². The molecule has 1 rings (SSSR count). The van der Waals surface area contributed by atoms with E-state index in [-0.39, 0.29) is 0 Å². The maximum absolute atomic E-state index is 3.80. The molecule has 1 aromatic heterocycles. The van der Waals surface area contributed by atoms with Crippen LogP contribution in [0.5, 0.6) is 0 Å². The Balaban J connectivity index is 2.67. The Kier molecular flexibility index (Phi) is 3.25. The van der Waals surface area contributed by atoms with Gasteiger partial charge in [0.25, 0.3) is 0 Å². The van der Waals surface area contributed by atoms with Gasteiger partial charge in [0, 0.05) is 19.2 Å². The summed E-state index contributed by atoms with van der Waals surface area (Å²) in [5.74, 6) is 1.51. The van der Waals surface area contributed by atoms with Crippen molar-refractivity contribution in [1.29, 1.82) is 0 Å². The van der Waals surface area contributed by atoms with Gasteiger partial charge in [0.15, 0.2) is 11.6 Å². The molecule has 0 atom stereocenters. The van der Waals surface area contributed by atoms with Gasteiger partial charge in [0.05, 0.1) is 0 Å². The molecular weight excluding hydrogens is 154 g/mol. The van der Waals surface area contributed by atoms with Crippen molar-refractivity contribution in [1.82, 2.24) is 15.4 Å². The van der Waals surface area contributed by atoms with E-state index in [1.807, 2.05) is 19.9 Å². The Morgan fingerprint density at radius 1 is 1.08 bits per heavy atom. The number of nitrogens with zero attached hydrogens (tertiary/aromatic N) is 3. The zero-order chi connectivity index (χ0) is 8.81. The zero-order valence-corrected chi connectivity index (χ0v) is 7.33. The topological polar surface area (TPSA) is 62.7 Å². The summed E-state index contributed by atoms with van der Waals surface area (Å²) in [7, 11) is 0. The molecule has 1 heterocycles. The molecule has 5 heteroatoms. The minimum atomic E-state index is 0.753. The molecule has 12 heavy (non-hydrogen) atoms. The number of hydrogen-bond donors (Lipinski definition) is 2. The van der Waals surface area contributed by atoms with Gasteiger partial charge in [-0.25, -0.2) is 0 Å². The lowest BCUT2D eigenvalue weighted by molar-refractivity contribution is 0.863. The number of anilines is 2. The molecule has 0 saturated carbocycles. The van der Waals surface area contributed by atoms with Gasteiger partial charge in [0.1, 0.15) is 0 Å². The van der Waals surface area contributed by atoms with Crippen LogP contribution in [0.4, 0.5) is 11.6 Å². The molecule has 0 aliphatic heterocycles. The third kappa shape index (κ3) is 2.34. The van der Waals surface area contributed by atoms with Gasteiger partial charge < -0.3 is 10.6 Å². The van der Waals surface area contributed by atoms with Gasteiger partial charge in [-0.2, -0.15) is 0 Å². The van der Waals surface area contributed by atoms with E-state index < -0.39 is 0 Å². The number of rotatable bonds is 4. The van der Waals surface area contributed by atoms with Crippen LogP contribution in [0.3, 0.4) is 0 Å². The van der Waals surface area contributed by atoms with E-state index in [1.54, 1.807) is 0 Å². The average Bonchev–Trinajstić information content (AvgIpc) is 2.06. The second-order valence-electron chi connectivity index (χ2n) is 2.26. The molecule has 0 aromatic carbocycles. The molecule has 0 amide bonds. The van der Waals surface area contributed by atoms with Crippen LogP contribution in [0.25, 0.3) is 0 Å². The Morgan fingerprint density at radius 3 is 2.00 bits per heavy atom. The SMILES string of the molecule is CCNc1cc(NCC)nnn1. The fourth-order valence-corrected chi connectivity index (χ4v) is 0.841. The highest BCUT2D eigenvalue weighted by Crippen LogP contribution is 2.05. The highest BCUT2D eigenvalue weighted by atomic mass is 15.3. The summed E-state index contributed by atoms with van der Waals surface area (Å²) in [5.41, 5.74) is 0. The fourth-order valence-electron chi connectivity index (χ4n) is 0.841. The van der Waals surface area contributed by atoms with E-state index in [0.29, 0.717) is 0 Å². The van der Waals surface area contributed by atoms with E-state index in [9.17, 15) is 0 Å². The summed E-state index contributed by atoms with van der Waals surface area (Å²) >= 11 is 0. The van der Waals surface area contributed by atoms with E-state index in [0.717, 1.165) is 24.7 Å². The lowest BCUT2D eigenvalue weighted by Gasteiger charge is -2.03. The molecule has 0 saturated heterocycles. The molecule has 0 aliphatic rings. The van der Waals surface area contributed by atoms with Gasteiger partial charge in [0.2, 0.25) is 0 Å². The van der Waals surface area contributed by atoms with Crippen molar-refractivity contribution in [3.05, 3.63) is 6.07 Å². The molecule has 0 fully saturated rings. The predicted molar refractivity (Wildman–Crippen MR) is 48.2 cm³/mol. The molecule has 0 spiro atoms. The smallest absolute Gasteiger partial charge is 0.154 e. The summed E-state index contributed by atoms with van der Waals surface area (Å²) in [4.78, 5) is 0. The first-order chi connectivity index (χ1) is 5.86. The Bertz CT molecular complexity index is 216. The van der Waals surface area contributed by atoms with Crippen LogP contribution < -0.4 is 10.6 Å². The van der Waals surface area contributed by atoms with E-state index in [2.05, 4.69) is 26.0 Å². The normalized spacial score (nSPS) is 9.50. The monoisotopic (exact) mass is 167 g/mol. The van der Waals surface area contributed by atoms with Gasteiger partial charge in [-0.05, 0) is 19.1 Å². The quantitative estimate of drug-likeness (QED) is 0.692. The molecule has 0 aliphatic carbocycles. The Labute approximate surface area is 71.6 Å². The minimum absolute atomic E-state index is 0.753. The van der Waals surface area contributed by atoms with E-state index >= 15 is 0 Å².